The number of hydrogen-bond acceptors (Lipinski definition) is 4. The fourth-order valence-corrected chi connectivity index (χ4v) is 3.57. The Labute approximate surface area is 159 Å². The molecule has 0 fully saturated rings. The summed E-state index contributed by atoms with van der Waals surface area (Å²) in [5.41, 5.74) is -0.0548. The number of aliphatic imine (C=N–C) groups is 1. The van der Waals surface area contributed by atoms with Crippen molar-refractivity contribution in [1.29, 1.82) is 0 Å². The molecule has 1 amide bonds. The molecule has 0 bridgehead atoms. The first kappa shape index (κ1) is 21.9. The van der Waals surface area contributed by atoms with Gasteiger partial charge in [-0.05, 0) is 45.4 Å². The lowest BCUT2D eigenvalue weighted by Crippen LogP contribution is -2.37. The molecule has 1 aliphatic heterocycles. The number of thioether (sulfide) groups is 1. The molecule has 1 aromatic rings. The molecule has 0 spiro atoms. The molecule has 2 unspecified atom stereocenters. The highest BCUT2D eigenvalue weighted by atomic mass is 79.9. The normalized spacial score (nSPS) is 20.1. The van der Waals surface area contributed by atoms with Crippen molar-refractivity contribution in [3.63, 3.8) is 0 Å². The summed E-state index contributed by atoms with van der Waals surface area (Å²) >= 11 is 4.81. The molecule has 140 valence electrons. The number of halogens is 3. The number of nitrogens with zero attached hydrogens (tertiary/aromatic N) is 1. The van der Waals surface area contributed by atoms with E-state index in [-0.39, 0.29) is 17.1 Å². The highest BCUT2D eigenvalue weighted by molar-refractivity contribution is 9.10. The number of amides is 1. The van der Waals surface area contributed by atoms with Crippen LogP contribution in [0.2, 0.25) is 0 Å². The van der Waals surface area contributed by atoms with Gasteiger partial charge >= 0.3 is 6.09 Å². The molecular formula is C17H23BrF2N2O2S. The van der Waals surface area contributed by atoms with Crippen LogP contribution in [0.3, 0.4) is 0 Å². The van der Waals surface area contributed by atoms with Crippen LogP contribution in [0.4, 0.5) is 13.6 Å². The first-order chi connectivity index (χ1) is 11.6. The number of benzene rings is 1. The summed E-state index contributed by atoms with van der Waals surface area (Å²) in [6.07, 6.45) is 0.156. The Kier molecular flexibility index (Phi) is 8.34. The van der Waals surface area contributed by atoms with E-state index in [0.29, 0.717) is 24.3 Å². The Bertz CT molecular complexity index is 636. The van der Waals surface area contributed by atoms with Crippen LogP contribution in [0.15, 0.2) is 27.7 Å². The quantitative estimate of drug-likeness (QED) is 0.621. The molecule has 2 atom stereocenters. The second-order valence-electron chi connectivity index (χ2n) is 6.41. The van der Waals surface area contributed by atoms with Crippen LogP contribution in [0.25, 0.3) is 0 Å². The summed E-state index contributed by atoms with van der Waals surface area (Å²) in [6.45, 7) is 7.42. The second kappa shape index (κ2) is 9.52. The maximum Gasteiger partial charge on any atom is 0.413 e. The Morgan fingerprint density at radius 3 is 2.64 bits per heavy atom. The van der Waals surface area contributed by atoms with Gasteiger partial charge in [0.2, 0.25) is 0 Å². The molecule has 0 radical (unpaired) electrons. The van der Waals surface area contributed by atoms with Crippen molar-refractivity contribution in [1.82, 2.24) is 5.32 Å². The van der Waals surface area contributed by atoms with Gasteiger partial charge in [0.05, 0.1) is 13.2 Å². The van der Waals surface area contributed by atoms with Crippen molar-refractivity contribution >= 4 is 39.0 Å². The summed E-state index contributed by atoms with van der Waals surface area (Å²) in [4.78, 5) is 16.4. The predicted molar refractivity (Wildman–Crippen MR) is 102 cm³/mol. The van der Waals surface area contributed by atoms with Crippen LogP contribution in [0.1, 0.15) is 45.7 Å². The third kappa shape index (κ3) is 7.32. The van der Waals surface area contributed by atoms with Crippen LogP contribution < -0.4 is 5.32 Å². The number of alkyl halides is 1. The van der Waals surface area contributed by atoms with Crippen LogP contribution >= 0.6 is 27.7 Å². The number of hydrogen-bond donors (Lipinski definition) is 1. The topological polar surface area (TPSA) is 50.7 Å². The number of carbonyl (C=O) groups is 1. The van der Waals surface area contributed by atoms with Crippen molar-refractivity contribution in [3.05, 3.63) is 34.1 Å². The van der Waals surface area contributed by atoms with E-state index < -0.39 is 11.7 Å². The summed E-state index contributed by atoms with van der Waals surface area (Å²) in [5.74, 6) is -0.294. The summed E-state index contributed by atoms with van der Waals surface area (Å²) in [7, 11) is 0.500. The highest BCUT2D eigenvalue weighted by Crippen LogP contribution is 2.35. The molecule has 0 aliphatic carbocycles. The highest BCUT2D eigenvalue weighted by Gasteiger charge is 2.27. The summed E-state index contributed by atoms with van der Waals surface area (Å²) in [5, 5.41) is 3.33. The number of ether oxygens (including phenoxy) is 1. The summed E-state index contributed by atoms with van der Waals surface area (Å²) in [6, 6.07) is 4.48. The van der Waals surface area contributed by atoms with E-state index >= 15 is 0 Å². The lowest BCUT2D eigenvalue weighted by Gasteiger charge is -2.26. The van der Waals surface area contributed by atoms with E-state index in [1.165, 1.54) is 17.8 Å². The minimum atomic E-state index is -0.578. The average molecular weight is 437 g/mol. The van der Waals surface area contributed by atoms with Crippen LogP contribution in [-0.4, -0.2) is 29.3 Å². The molecule has 2 rings (SSSR count). The molecular weight excluding hydrogens is 414 g/mol. The van der Waals surface area contributed by atoms with Gasteiger partial charge in [0, 0.05) is 15.3 Å². The van der Waals surface area contributed by atoms with Gasteiger partial charge in [-0.2, -0.15) is 0 Å². The Hall–Kier alpha value is -1.15. The molecule has 1 heterocycles. The fourth-order valence-electron chi connectivity index (χ4n) is 2.20. The van der Waals surface area contributed by atoms with Crippen LogP contribution in [0, 0.1) is 5.82 Å². The van der Waals surface area contributed by atoms with Crippen LogP contribution in [-0.2, 0) is 4.74 Å². The minimum Gasteiger partial charge on any atom is -0.444 e. The SMILES string of the molecule is CC1CC(c2cc(Br)ccc2F)N=C(NC(=O)OC(C)(C)C)S1.CF. The van der Waals surface area contributed by atoms with E-state index in [1.807, 2.05) is 6.92 Å². The van der Waals surface area contributed by atoms with Gasteiger partial charge in [0.1, 0.15) is 11.4 Å². The van der Waals surface area contributed by atoms with Crippen molar-refractivity contribution < 1.29 is 18.3 Å². The molecule has 0 saturated heterocycles. The number of nitrogens with one attached hydrogen (secondary N) is 1. The van der Waals surface area contributed by atoms with Gasteiger partial charge in [-0.25, -0.2) is 9.18 Å². The molecule has 8 heteroatoms. The molecule has 1 aliphatic rings. The van der Waals surface area contributed by atoms with Crippen molar-refractivity contribution in [2.24, 2.45) is 4.99 Å². The third-order valence-corrected chi connectivity index (χ3v) is 4.58. The number of rotatable bonds is 1. The molecule has 0 saturated carbocycles. The van der Waals surface area contributed by atoms with E-state index in [2.05, 4.69) is 26.2 Å². The first-order valence-corrected chi connectivity index (χ1v) is 9.38. The lowest BCUT2D eigenvalue weighted by molar-refractivity contribution is 0.0564. The zero-order valence-electron chi connectivity index (χ0n) is 14.9. The third-order valence-electron chi connectivity index (χ3n) is 3.07. The maximum atomic E-state index is 14.1. The predicted octanol–water partition coefficient (Wildman–Crippen LogP) is 5.62. The molecule has 0 aromatic heterocycles. The molecule has 25 heavy (non-hydrogen) atoms. The number of alkyl carbamates (subject to hydrolysis) is 1. The van der Waals surface area contributed by atoms with Gasteiger partial charge in [0.25, 0.3) is 0 Å². The fraction of sp³-hybridized carbons (Fsp3) is 0.529. The van der Waals surface area contributed by atoms with Gasteiger partial charge < -0.3 is 4.74 Å². The molecule has 1 N–H and O–H groups in total. The minimum absolute atomic E-state index is 0.209. The largest absolute Gasteiger partial charge is 0.444 e. The smallest absolute Gasteiger partial charge is 0.413 e. The summed E-state index contributed by atoms with van der Waals surface area (Å²) < 4.78 is 29.6. The van der Waals surface area contributed by atoms with Crippen molar-refractivity contribution in [3.8, 4) is 0 Å². The zero-order valence-corrected chi connectivity index (χ0v) is 17.3. The Morgan fingerprint density at radius 1 is 1.40 bits per heavy atom. The number of amidine groups is 1. The van der Waals surface area contributed by atoms with Crippen LogP contribution in [0.5, 0.6) is 0 Å². The Balaban J connectivity index is 0.00000151. The van der Waals surface area contributed by atoms with Crippen molar-refractivity contribution in [2.75, 3.05) is 7.18 Å². The van der Waals surface area contributed by atoms with E-state index in [1.54, 1.807) is 32.9 Å². The standard InChI is InChI=1S/C16H20BrFN2O2S.CH3F/c1-9-7-13(11-8-10(17)5-6-12(11)18)19-14(23-9)20-15(21)22-16(2,3)4;1-2/h5-6,8-9,13H,7H2,1-4H3,(H,19,20,21);1H3. The van der Waals surface area contributed by atoms with Crippen molar-refractivity contribution in [2.45, 2.75) is 51.0 Å². The van der Waals surface area contributed by atoms with Gasteiger partial charge in [-0.15, -0.1) is 0 Å². The molecule has 4 nitrogen and oxygen atoms in total. The van der Waals surface area contributed by atoms with E-state index in [0.717, 1.165) is 4.47 Å². The van der Waals surface area contributed by atoms with Gasteiger partial charge in [-0.3, -0.25) is 14.7 Å². The van der Waals surface area contributed by atoms with Gasteiger partial charge in [0.15, 0.2) is 5.17 Å². The molecule has 1 aromatic carbocycles. The average Bonchev–Trinajstić information content (AvgIpc) is 2.49. The monoisotopic (exact) mass is 436 g/mol. The number of carbonyl (C=O) groups excluding carboxylic acids is 1. The first-order valence-electron chi connectivity index (χ1n) is 7.71. The van der Waals surface area contributed by atoms with E-state index in [9.17, 15) is 13.6 Å². The lowest BCUT2D eigenvalue weighted by atomic mass is 10.0. The maximum absolute atomic E-state index is 14.1. The van der Waals surface area contributed by atoms with E-state index in [4.69, 9.17) is 4.74 Å². The Morgan fingerprint density at radius 2 is 2.04 bits per heavy atom. The second-order valence-corrected chi connectivity index (χ2v) is 8.75. The zero-order chi connectivity index (χ0) is 19.2. The van der Waals surface area contributed by atoms with Gasteiger partial charge in [-0.1, -0.05) is 34.6 Å².